The number of allylic oxidation sites excluding steroid dienone is 1. The first-order valence-corrected chi connectivity index (χ1v) is 6.59. The number of nitrogens with one attached hydrogen (secondary N) is 1. The topological polar surface area (TPSA) is 29.1 Å². The zero-order valence-corrected chi connectivity index (χ0v) is 11.1. The van der Waals surface area contributed by atoms with E-state index in [4.69, 9.17) is 0 Å². The van der Waals surface area contributed by atoms with Gasteiger partial charge in [-0.25, -0.2) is 0 Å². The van der Waals surface area contributed by atoms with E-state index >= 15 is 0 Å². The zero-order valence-electron chi connectivity index (χ0n) is 11.1. The Morgan fingerprint density at radius 1 is 1.25 bits per heavy atom. The van der Waals surface area contributed by atoms with Gasteiger partial charge in [-0.05, 0) is 24.1 Å². The quantitative estimate of drug-likeness (QED) is 0.914. The Kier molecular flexibility index (Phi) is 4.16. The molecular formula is C15H16F3NO. The smallest absolute Gasteiger partial charge is 0.381 e. The maximum absolute atomic E-state index is 12.5. The molecule has 0 radical (unpaired) electrons. The maximum Gasteiger partial charge on any atom is 0.416 e. The third kappa shape index (κ3) is 3.40. The van der Waals surface area contributed by atoms with Gasteiger partial charge in [0.25, 0.3) is 0 Å². The Morgan fingerprint density at radius 3 is 2.45 bits per heavy atom. The second-order valence-electron chi connectivity index (χ2n) is 4.93. The molecule has 20 heavy (non-hydrogen) atoms. The van der Waals surface area contributed by atoms with E-state index in [1.54, 1.807) is 0 Å². The Morgan fingerprint density at radius 2 is 1.90 bits per heavy atom. The molecule has 0 aliphatic carbocycles. The van der Waals surface area contributed by atoms with Crippen LogP contribution in [0.15, 0.2) is 30.3 Å². The molecule has 1 aromatic rings. The van der Waals surface area contributed by atoms with Crippen molar-refractivity contribution < 1.29 is 18.0 Å². The molecule has 0 bridgehead atoms. The molecular weight excluding hydrogens is 267 g/mol. The SMILES string of the molecule is CCCC1CC(=O)C=C(c2ccc(C(F)(F)F)cc2)N1. The van der Waals surface area contributed by atoms with Gasteiger partial charge in [-0.15, -0.1) is 0 Å². The van der Waals surface area contributed by atoms with E-state index in [2.05, 4.69) is 5.32 Å². The highest BCUT2D eigenvalue weighted by Gasteiger charge is 2.30. The van der Waals surface area contributed by atoms with Gasteiger partial charge < -0.3 is 5.32 Å². The van der Waals surface area contributed by atoms with Gasteiger partial charge >= 0.3 is 6.18 Å². The lowest BCUT2D eigenvalue weighted by molar-refractivity contribution is -0.137. The van der Waals surface area contributed by atoms with Crippen molar-refractivity contribution >= 4 is 11.5 Å². The van der Waals surface area contributed by atoms with Gasteiger partial charge in [-0.2, -0.15) is 13.2 Å². The summed E-state index contributed by atoms with van der Waals surface area (Å²) < 4.78 is 37.5. The average Bonchev–Trinajstić information content (AvgIpc) is 2.37. The number of hydrogen-bond acceptors (Lipinski definition) is 2. The van der Waals surface area contributed by atoms with Crippen LogP contribution in [0.3, 0.4) is 0 Å². The molecule has 5 heteroatoms. The fourth-order valence-corrected chi connectivity index (χ4v) is 2.30. The van der Waals surface area contributed by atoms with Crippen LogP contribution in [0.2, 0.25) is 0 Å². The highest BCUT2D eigenvalue weighted by atomic mass is 19.4. The lowest BCUT2D eigenvalue weighted by Crippen LogP contribution is -2.34. The zero-order chi connectivity index (χ0) is 14.8. The predicted octanol–water partition coefficient (Wildman–Crippen LogP) is 3.78. The molecule has 0 aromatic heterocycles. The summed E-state index contributed by atoms with van der Waals surface area (Å²) in [4.78, 5) is 11.7. The van der Waals surface area contributed by atoms with E-state index in [9.17, 15) is 18.0 Å². The second kappa shape index (κ2) is 5.69. The lowest BCUT2D eigenvalue weighted by atomic mass is 9.97. The molecule has 0 amide bonds. The molecule has 0 fully saturated rings. The van der Waals surface area contributed by atoms with Crippen molar-refractivity contribution in [2.24, 2.45) is 0 Å². The highest BCUT2D eigenvalue weighted by Crippen LogP contribution is 2.30. The summed E-state index contributed by atoms with van der Waals surface area (Å²) in [6.45, 7) is 2.03. The van der Waals surface area contributed by atoms with Gasteiger partial charge in [-0.3, -0.25) is 4.79 Å². The van der Waals surface area contributed by atoms with Crippen LogP contribution >= 0.6 is 0 Å². The minimum atomic E-state index is -4.34. The van der Waals surface area contributed by atoms with Gasteiger partial charge in [-0.1, -0.05) is 25.5 Å². The molecule has 1 N–H and O–H groups in total. The van der Waals surface area contributed by atoms with Crippen LogP contribution in [0.1, 0.15) is 37.3 Å². The molecule has 1 aliphatic heterocycles. The number of benzene rings is 1. The highest BCUT2D eigenvalue weighted by molar-refractivity contribution is 5.98. The predicted molar refractivity (Wildman–Crippen MR) is 70.9 cm³/mol. The normalized spacial score (nSPS) is 19.5. The number of halogens is 3. The minimum Gasteiger partial charge on any atom is -0.381 e. The number of hydrogen-bond donors (Lipinski definition) is 1. The number of ketones is 1. The standard InChI is InChI=1S/C15H16F3NO/c1-2-3-12-8-13(20)9-14(19-12)10-4-6-11(7-5-10)15(16,17)18/h4-7,9,12,19H,2-3,8H2,1H3. The third-order valence-corrected chi connectivity index (χ3v) is 3.27. The van der Waals surface area contributed by atoms with Gasteiger partial charge in [0.1, 0.15) is 0 Å². The molecule has 1 atom stereocenters. The molecule has 0 spiro atoms. The van der Waals surface area contributed by atoms with E-state index < -0.39 is 11.7 Å². The summed E-state index contributed by atoms with van der Waals surface area (Å²) in [7, 11) is 0. The first-order valence-electron chi connectivity index (χ1n) is 6.59. The van der Waals surface area contributed by atoms with E-state index in [0.29, 0.717) is 17.7 Å². The summed E-state index contributed by atoms with van der Waals surface area (Å²) >= 11 is 0. The summed E-state index contributed by atoms with van der Waals surface area (Å²) in [5.41, 5.74) is 0.523. The van der Waals surface area contributed by atoms with Gasteiger partial charge in [0.15, 0.2) is 5.78 Å². The Hall–Kier alpha value is -1.78. The van der Waals surface area contributed by atoms with Crippen LogP contribution in [0.4, 0.5) is 13.2 Å². The molecule has 1 heterocycles. The molecule has 0 saturated carbocycles. The molecule has 108 valence electrons. The molecule has 1 aromatic carbocycles. The summed E-state index contributed by atoms with van der Waals surface area (Å²) in [6, 6.07) is 4.92. The molecule has 1 aliphatic rings. The Labute approximate surface area is 115 Å². The van der Waals surface area contributed by atoms with E-state index in [0.717, 1.165) is 25.0 Å². The van der Waals surface area contributed by atoms with Crippen LogP contribution in [-0.4, -0.2) is 11.8 Å². The third-order valence-electron chi connectivity index (χ3n) is 3.27. The van der Waals surface area contributed by atoms with Crippen molar-refractivity contribution in [3.63, 3.8) is 0 Å². The minimum absolute atomic E-state index is 0.0112. The molecule has 2 rings (SSSR count). The van der Waals surface area contributed by atoms with Crippen LogP contribution in [0, 0.1) is 0 Å². The monoisotopic (exact) mass is 283 g/mol. The fraction of sp³-hybridized carbons (Fsp3) is 0.400. The van der Waals surface area contributed by atoms with Crippen LogP contribution in [0.25, 0.3) is 5.70 Å². The van der Waals surface area contributed by atoms with Crippen LogP contribution in [-0.2, 0) is 11.0 Å². The van der Waals surface area contributed by atoms with Crippen molar-refractivity contribution in [3.8, 4) is 0 Å². The van der Waals surface area contributed by atoms with Crippen molar-refractivity contribution in [1.29, 1.82) is 0 Å². The Bertz CT molecular complexity index is 517. The van der Waals surface area contributed by atoms with Crippen LogP contribution in [0.5, 0.6) is 0 Å². The van der Waals surface area contributed by atoms with E-state index in [1.165, 1.54) is 18.2 Å². The van der Waals surface area contributed by atoms with E-state index in [1.807, 2.05) is 6.92 Å². The van der Waals surface area contributed by atoms with Crippen molar-refractivity contribution in [3.05, 3.63) is 41.5 Å². The largest absolute Gasteiger partial charge is 0.416 e. The average molecular weight is 283 g/mol. The summed E-state index contributed by atoms with van der Waals surface area (Å²) in [5, 5.41) is 3.22. The van der Waals surface area contributed by atoms with Crippen molar-refractivity contribution in [2.45, 2.75) is 38.4 Å². The van der Waals surface area contributed by atoms with Crippen molar-refractivity contribution in [1.82, 2.24) is 5.32 Å². The van der Waals surface area contributed by atoms with Gasteiger partial charge in [0.05, 0.1) is 5.56 Å². The fourth-order valence-electron chi connectivity index (χ4n) is 2.30. The number of rotatable bonds is 3. The first-order chi connectivity index (χ1) is 9.40. The Balaban J connectivity index is 2.20. The van der Waals surface area contributed by atoms with E-state index in [-0.39, 0.29) is 11.8 Å². The van der Waals surface area contributed by atoms with Gasteiger partial charge in [0.2, 0.25) is 0 Å². The maximum atomic E-state index is 12.5. The lowest BCUT2D eigenvalue weighted by Gasteiger charge is -2.25. The first kappa shape index (κ1) is 14.6. The van der Waals surface area contributed by atoms with Gasteiger partial charge in [0, 0.05) is 24.2 Å². The number of carbonyl (C=O) groups excluding carboxylic acids is 1. The summed E-state index contributed by atoms with van der Waals surface area (Å²) in [5.74, 6) is 0.0112. The second-order valence-corrected chi connectivity index (χ2v) is 4.93. The summed E-state index contributed by atoms with van der Waals surface area (Å²) in [6.07, 6.45) is -0.616. The number of carbonyl (C=O) groups is 1. The number of alkyl halides is 3. The molecule has 2 nitrogen and oxygen atoms in total. The molecule has 1 unspecified atom stereocenters. The van der Waals surface area contributed by atoms with Crippen molar-refractivity contribution in [2.75, 3.05) is 0 Å². The molecule has 0 saturated heterocycles. The van der Waals surface area contributed by atoms with Crippen LogP contribution < -0.4 is 5.32 Å².